The summed E-state index contributed by atoms with van der Waals surface area (Å²) in [4.78, 5) is 60.8. The number of carbonyl (C=O) groups is 5. The fourth-order valence-corrected chi connectivity index (χ4v) is 3.47. The van der Waals surface area contributed by atoms with Gasteiger partial charge in [-0.1, -0.05) is 18.2 Å². The van der Waals surface area contributed by atoms with Crippen molar-refractivity contribution in [2.24, 2.45) is 5.92 Å². The molecule has 0 radical (unpaired) electrons. The number of ether oxygens (including phenoxy) is 4. The summed E-state index contributed by atoms with van der Waals surface area (Å²) in [7, 11) is 0.0318. The second-order valence-corrected chi connectivity index (χ2v) is 9.10. The first-order chi connectivity index (χ1) is 16.5. The number of nitrogens with zero attached hydrogens (tertiary/aromatic N) is 1. The van der Waals surface area contributed by atoms with Crippen molar-refractivity contribution in [3.05, 3.63) is 35.9 Å². The van der Waals surface area contributed by atoms with Gasteiger partial charge in [-0.25, -0.2) is 9.59 Å². The molecule has 0 spiro atoms. The summed E-state index contributed by atoms with van der Waals surface area (Å²) in [5.41, 5.74) is 0.174. The molecule has 0 aliphatic rings. The molecule has 0 saturated heterocycles. The lowest BCUT2D eigenvalue weighted by molar-refractivity contribution is -0.154. The normalized spacial score (nSPS) is 12.3. The molecule has 1 aromatic carbocycles. The minimum atomic E-state index is -2.92. The summed E-state index contributed by atoms with van der Waals surface area (Å²) in [5, 5.41) is 0. The van der Waals surface area contributed by atoms with Gasteiger partial charge in [0.15, 0.2) is 14.6 Å². The van der Waals surface area contributed by atoms with Gasteiger partial charge in [0, 0.05) is 26.7 Å². The number of amides is 1. The molecule has 0 aliphatic heterocycles. The minimum Gasteiger partial charge on any atom is -0.455 e. The zero-order valence-electron chi connectivity index (χ0n) is 20.0. The van der Waals surface area contributed by atoms with Crippen LogP contribution in [0.1, 0.15) is 37.0 Å². The van der Waals surface area contributed by atoms with E-state index in [0.29, 0.717) is 0 Å². The van der Waals surface area contributed by atoms with Crippen LogP contribution in [0.2, 0.25) is 0 Å². The third kappa shape index (κ3) is 12.7. The van der Waals surface area contributed by atoms with Crippen molar-refractivity contribution in [1.82, 2.24) is 4.90 Å². The highest BCUT2D eigenvalue weighted by atomic mass is 31.1. The average Bonchev–Trinajstić information content (AvgIpc) is 2.79. The van der Waals surface area contributed by atoms with Crippen molar-refractivity contribution in [3.63, 3.8) is 0 Å². The van der Waals surface area contributed by atoms with E-state index in [-0.39, 0.29) is 24.6 Å². The van der Waals surface area contributed by atoms with E-state index in [1.54, 1.807) is 32.0 Å². The fraction of sp³-hybridized carbons (Fsp3) is 0.500. The molecular formula is C22H30NO11P. The summed E-state index contributed by atoms with van der Waals surface area (Å²) in [6, 6.07) is 7.84. The van der Waals surface area contributed by atoms with Crippen molar-refractivity contribution in [2.45, 2.75) is 32.8 Å². The van der Waals surface area contributed by atoms with Gasteiger partial charge < -0.3 is 23.8 Å². The van der Waals surface area contributed by atoms with E-state index < -0.39 is 63.4 Å². The van der Waals surface area contributed by atoms with Crippen LogP contribution in [0, 0.1) is 5.92 Å². The van der Waals surface area contributed by atoms with Crippen LogP contribution in [0.3, 0.4) is 0 Å². The summed E-state index contributed by atoms with van der Waals surface area (Å²) in [6.45, 7) is 2.00. The molecular weight excluding hydrogens is 485 g/mol. The Morgan fingerprint density at radius 3 is 2.26 bits per heavy atom. The van der Waals surface area contributed by atoms with Crippen LogP contribution in [0.15, 0.2) is 30.3 Å². The lowest BCUT2D eigenvalue weighted by Gasteiger charge is -2.17. The molecule has 2 unspecified atom stereocenters. The molecule has 0 saturated carbocycles. The van der Waals surface area contributed by atoms with Crippen LogP contribution >= 0.6 is 8.03 Å². The van der Waals surface area contributed by atoms with Gasteiger partial charge in [0.1, 0.15) is 0 Å². The predicted molar refractivity (Wildman–Crippen MR) is 122 cm³/mol. The number of carbonyl (C=O) groups excluding carboxylic acids is 5. The van der Waals surface area contributed by atoms with Crippen LogP contribution < -0.4 is 0 Å². The number of benzene rings is 1. The Hall–Kier alpha value is -3.24. The van der Waals surface area contributed by atoms with Crippen LogP contribution in [0.5, 0.6) is 0 Å². The van der Waals surface area contributed by atoms with E-state index in [1.807, 2.05) is 0 Å². The van der Waals surface area contributed by atoms with Crippen LogP contribution in [-0.4, -0.2) is 74.6 Å². The first-order valence-corrected chi connectivity index (χ1v) is 12.2. The van der Waals surface area contributed by atoms with E-state index in [0.717, 1.165) is 0 Å². The molecule has 13 heteroatoms. The third-order valence-electron chi connectivity index (χ3n) is 4.22. The molecule has 0 heterocycles. The monoisotopic (exact) mass is 515 g/mol. The van der Waals surface area contributed by atoms with Gasteiger partial charge >= 0.3 is 24.1 Å². The molecule has 0 bridgehead atoms. The predicted octanol–water partition coefficient (Wildman–Crippen LogP) is 2.41. The van der Waals surface area contributed by atoms with Gasteiger partial charge in [0.25, 0.3) is 5.91 Å². The molecule has 12 nitrogen and oxygen atoms in total. The van der Waals surface area contributed by atoms with Crippen molar-refractivity contribution >= 4 is 38.0 Å². The molecule has 1 aromatic rings. The highest BCUT2D eigenvalue weighted by Gasteiger charge is 2.26. The Kier molecular flexibility index (Phi) is 13.3. The Morgan fingerprint density at radius 1 is 1.00 bits per heavy atom. The largest absolute Gasteiger partial charge is 0.510 e. The van der Waals surface area contributed by atoms with Gasteiger partial charge in [0.05, 0.1) is 17.6 Å². The van der Waals surface area contributed by atoms with Crippen LogP contribution in [0.25, 0.3) is 0 Å². The number of esters is 3. The minimum absolute atomic E-state index is 0.174. The molecule has 2 atom stereocenters. The topological polar surface area (TPSA) is 152 Å². The Bertz CT molecular complexity index is 902. The summed E-state index contributed by atoms with van der Waals surface area (Å²) in [6.07, 6.45) is -2.35. The molecule has 194 valence electrons. The first-order valence-electron chi connectivity index (χ1n) is 10.7. The molecule has 0 aromatic heterocycles. The average molecular weight is 515 g/mol. The van der Waals surface area contributed by atoms with Crippen molar-refractivity contribution < 1.29 is 52.0 Å². The fourth-order valence-electron chi connectivity index (χ4n) is 2.39. The lowest BCUT2D eigenvalue weighted by atomic mass is 10.1. The number of hydrogen-bond donors (Lipinski definition) is 0. The summed E-state index contributed by atoms with van der Waals surface area (Å²) in [5.74, 6) is -4.23. The van der Waals surface area contributed by atoms with Gasteiger partial charge in [-0.05, 0) is 32.4 Å². The molecule has 0 N–H and O–H groups in total. The lowest BCUT2D eigenvalue weighted by Crippen LogP contribution is -2.30. The second kappa shape index (κ2) is 15.6. The summed E-state index contributed by atoms with van der Waals surface area (Å²) >= 11 is 0. The van der Waals surface area contributed by atoms with Gasteiger partial charge in [0.2, 0.25) is 6.79 Å². The van der Waals surface area contributed by atoms with Crippen LogP contribution in [0.4, 0.5) is 4.79 Å². The van der Waals surface area contributed by atoms with E-state index in [2.05, 4.69) is 4.74 Å². The maximum absolute atomic E-state index is 12.5. The Morgan fingerprint density at radius 2 is 1.66 bits per heavy atom. The van der Waals surface area contributed by atoms with Gasteiger partial charge in [-0.15, -0.1) is 0 Å². The summed E-state index contributed by atoms with van der Waals surface area (Å²) < 4.78 is 36.3. The number of hydrogen-bond acceptors (Lipinski definition) is 11. The van der Waals surface area contributed by atoms with E-state index in [1.165, 1.54) is 31.1 Å². The van der Waals surface area contributed by atoms with E-state index >= 15 is 0 Å². The SMILES string of the molecule is CC(C)OC(=O)OCO[PH](=O)CC(CCC(=O)OC(=O)c1ccccc1)C(=O)OCC(=O)N(C)C. The van der Waals surface area contributed by atoms with E-state index in [9.17, 15) is 28.5 Å². The smallest absolute Gasteiger partial charge is 0.455 e. The molecule has 35 heavy (non-hydrogen) atoms. The van der Waals surface area contributed by atoms with Crippen molar-refractivity contribution in [1.29, 1.82) is 0 Å². The van der Waals surface area contributed by atoms with Crippen molar-refractivity contribution in [3.8, 4) is 0 Å². The number of rotatable bonds is 13. The zero-order valence-corrected chi connectivity index (χ0v) is 21.0. The molecule has 1 rings (SSSR count). The van der Waals surface area contributed by atoms with E-state index in [4.69, 9.17) is 18.7 Å². The molecule has 1 amide bonds. The standard InChI is InChI=1S/C22H30NO11P/c1-15(2)33-22(28)31-14-32-35(29)13-17(20(26)30-12-18(24)23(3)4)10-11-19(25)34-21(27)16-8-6-5-7-9-16/h5-9,15,17,35H,10-14H2,1-4H3. The van der Waals surface area contributed by atoms with Gasteiger partial charge in [-0.3, -0.25) is 23.5 Å². The second-order valence-electron chi connectivity index (χ2n) is 7.66. The Labute approximate surface area is 203 Å². The number of likely N-dealkylation sites (N-methyl/N-ethyl adjacent to an activating group) is 1. The maximum atomic E-state index is 12.5. The molecule has 0 fully saturated rings. The Balaban J connectivity index is 2.66. The molecule has 0 aliphatic carbocycles. The highest BCUT2D eigenvalue weighted by Crippen LogP contribution is 2.29. The third-order valence-corrected chi connectivity index (χ3v) is 5.49. The zero-order chi connectivity index (χ0) is 26.4. The van der Waals surface area contributed by atoms with Gasteiger partial charge in [-0.2, -0.15) is 0 Å². The first kappa shape index (κ1) is 29.8. The maximum Gasteiger partial charge on any atom is 0.510 e. The van der Waals surface area contributed by atoms with Crippen LogP contribution in [-0.2, 0) is 42.4 Å². The highest BCUT2D eigenvalue weighted by molar-refractivity contribution is 7.39. The quantitative estimate of drug-likeness (QED) is 0.125. The van der Waals surface area contributed by atoms with Crippen molar-refractivity contribution in [2.75, 3.05) is 33.7 Å².